The van der Waals surface area contributed by atoms with Gasteiger partial charge in [-0.2, -0.15) is 0 Å². The number of carbonyl (C=O) groups excluding carboxylic acids is 1. The minimum atomic E-state index is -2.68. The number of aromatic amines is 1. The number of benzene rings is 2. The van der Waals surface area contributed by atoms with E-state index in [-0.39, 0.29) is 5.82 Å². The van der Waals surface area contributed by atoms with Crippen LogP contribution in [0.1, 0.15) is 33.5 Å². The fourth-order valence-corrected chi connectivity index (χ4v) is 5.99. The van der Waals surface area contributed by atoms with Gasteiger partial charge in [-0.25, -0.2) is 14.4 Å². The number of likely N-dealkylation sites (N-methyl/N-ethyl adjacent to an activating group) is 1. The lowest BCUT2D eigenvalue weighted by Crippen LogP contribution is -2.31. The fraction of sp³-hybridized carbons (Fsp3) is 0.300. The molecule has 1 saturated heterocycles. The first-order valence-electron chi connectivity index (χ1n) is 13.1. The Balaban J connectivity index is 1.33. The van der Waals surface area contributed by atoms with E-state index >= 15 is 0 Å². The van der Waals surface area contributed by atoms with Crippen LogP contribution in [0, 0.1) is 17.7 Å². The van der Waals surface area contributed by atoms with Gasteiger partial charge in [0, 0.05) is 65.1 Å². The van der Waals surface area contributed by atoms with E-state index in [1.165, 1.54) is 6.07 Å². The maximum absolute atomic E-state index is 14.9. The molecule has 0 spiro atoms. The second-order valence-electron chi connectivity index (χ2n) is 10.7. The van der Waals surface area contributed by atoms with Gasteiger partial charge in [0.15, 0.2) is 5.65 Å². The maximum Gasteiger partial charge on any atom is 0.255 e. The average molecular weight is 559 g/mol. The summed E-state index contributed by atoms with van der Waals surface area (Å²) in [5.74, 6) is 5.36. The van der Waals surface area contributed by atoms with Gasteiger partial charge in [-0.05, 0) is 70.2 Å². The molecule has 206 valence electrons. The third-order valence-electron chi connectivity index (χ3n) is 7.14. The Morgan fingerprint density at radius 3 is 2.73 bits per heavy atom. The molecule has 0 aliphatic carbocycles. The monoisotopic (exact) mass is 558 g/mol. The molecular formula is C30H32FN6O2P. The molecule has 10 heteroatoms. The van der Waals surface area contributed by atoms with Crippen LogP contribution >= 0.6 is 7.14 Å². The molecule has 0 saturated carbocycles. The molecule has 5 rings (SSSR count). The van der Waals surface area contributed by atoms with E-state index in [9.17, 15) is 13.8 Å². The highest BCUT2D eigenvalue weighted by Gasteiger charge is 2.24. The van der Waals surface area contributed by atoms with E-state index in [0.29, 0.717) is 51.5 Å². The number of nitrogens with zero attached hydrogens (tertiary/aromatic N) is 4. The van der Waals surface area contributed by atoms with Gasteiger partial charge in [-0.3, -0.25) is 9.69 Å². The number of carbonyl (C=O) groups is 1. The average Bonchev–Trinajstić information content (AvgIpc) is 3.58. The molecule has 1 aliphatic heterocycles. The van der Waals surface area contributed by atoms with Crippen molar-refractivity contribution in [2.45, 2.75) is 19.0 Å². The number of fused-ring (bicyclic) bond motifs is 1. The van der Waals surface area contributed by atoms with Crippen molar-refractivity contribution in [2.24, 2.45) is 0 Å². The van der Waals surface area contributed by atoms with Gasteiger partial charge in [0.2, 0.25) is 0 Å². The van der Waals surface area contributed by atoms with Crippen molar-refractivity contribution in [1.29, 1.82) is 0 Å². The van der Waals surface area contributed by atoms with Gasteiger partial charge in [-0.15, -0.1) is 0 Å². The molecule has 40 heavy (non-hydrogen) atoms. The van der Waals surface area contributed by atoms with Gasteiger partial charge in [0.05, 0.1) is 11.8 Å². The zero-order chi connectivity index (χ0) is 28.4. The highest BCUT2D eigenvalue weighted by molar-refractivity contribution is 7.70. The summed E-state index contributed by atoms with van der Waals surface area (Å²) in [6, 6.07) is 12.0. The molecule has 0 radical (unpaired) electrons. The third-order valence-corrected chi connectivity index (χ3v) is 8.69. The highest BCUT2D eigenvalue weighted by Crippen LogP contribution is 2.36. The first-order chi connectivity index (χ1) is 19.1. The first kappa shape index (κ1) is 27.7. The molecule has 3 heterocycles. The minimum Gasteiger partial charge on any atom is -0.343 e. The number of aromatic nitrogens is 3. The molecule has 2 N–H and O–H groups in total. The van der Waals surface area contributed by atoms with Crippen LogP contribution in [0.25, 0.3) is 11.2 Å². The normalized spacial score (nSPS) is 15.8. The lowest BCUT2D eigenvalue weighted by Gasteiger charge is -2.20. The number of hydrogen-bond acceptors (Lipinski definition) is 6. The van der Waals surface area contributed by atoms with Crippen molar-refractivity contribution in [3.8, 4) is 11.8 Å². The summed E-state index contributed by atoms with van der Waals surface area (Å²) in [4.78, 5) is 28.9. The van der Waals surface area contributed by atoms with E-state index in [2.05, 4.69) is 56.0 Å². The second kappa shape index (κ2) is 11.3. The number of rotatable bonds is 6. The summed E-state index contributed by atoms with van der Waals surface area (Å²) in [5.41, 5.74) is 3.80. The summed E-state index contributed by atoms with van der Waals surface area (Å²) < 4.78 is 27.9. The molecular weight excluding hydrogens is 526 g/mol. The lowest BCUT2D eigenvalue weighted by atomic mass is 10.1. The lowest BCUT2D eigenvalue weighted by molar-refractivity contribution is 0.102. The van der Waals surface area contributed by atoms with Crippen molar-refractivity contribution < 1.29 is 13.8 Å². The molecule has 1 fully saturated rings. The van der Waals surface area contributed by atoms with Gasteiger partial charge in [0.25, 0.3) is 5.91 Å². The molecule has 0 bridgehead atoms. The Kier molecular flexibility index (Phi) is 7.86. The smallest absolute Gasteiger partial charge is 0.255 e. The van der Waals surface area contributed by atoms with E-state index < -0.39 is 13.0 Å². The fourth-order valence-electron chi connectivity index (χ4n) is 4.86. The van der Waals surface area contributed by atoms with E-state index in [0.717, 1.165) is 25.0 Å². The number of H-pyrrole nitrogens is 1. The van der Waals surface area contributed by atoms with Crippen LogP contribution < -0.4 is 10.6 Å². The van der Waals surface area contributed by atoms with Gasteiger partial charge in [-0.1, -0.05) is 17.9 Å². The van der Waals surface area contributed by atoms with Crippen molar-refractivity contribution in [3.63, 3.8) is 0 Å². The van der Waals surface area contributed by atoms with Crippen molar-refractivity contribution in [2.75, 3.05) is 45.8 Å². The zero-order valence-corrected chi connectivity index (χ0v) is 23.9. The van der Waals surface area contributed by atoms with E-state index in [1.807, 2.05) is 6.07 Å². The largest absolute Gasteiger partial charge is 0.343 e. The molecule has 1 amide bonds. The number of amides is 1. The van der Waals surface area contributed by atoms with Crippen molar-refractivity contribution in [1.82, 2.24) is 24.8 Å². The quantitative estimate of drug-likeness (QED) is 0.273. The summed E-state index contributed by atoms with van der Waals surface area (Å²) in [5, 5.41) is 3.36. The molecule has 1 atom stereocenters. The predicted octanol–water partition coefficient (Wildman–Crippen LogP) is 4.13. The number of pyridine rings is 1. The van der Waals surface area contributed by atoms with Crippen LogP contribution in [-0.4, -0.2) is 77.2 Å². The Morgan fingerprint density at radius 2 is 2.00 bits per heavy atom. The molecule has 2 aromatic carbocycles. The van der Waals surface area contributed by atoms with E-state index in [1.54, 1.807) is 56.2 Å². The van der Waals surface area contributed by atoms with Crippen LogP contribution in [-0.2, 0) is 11.1 Å². The second-order valence-corrected chi connectivity index (χ2v) is 13.9. The van der Waals surface area contributed by atoms with Gasteiger partial charge in [0.1, 0.15) is 13.0 Å². The number of anilines is 1. The number of hydrogen-bond donors (Lipinski definition) is 2. The summed E-state index contributed by atoms with van der Waals surface area (Å²) in [7, 11) is 1.45. The molecule has 1 aliphatic rings. The third kappa shape index (κ3) is 6.31. The molecule has 2 aromatic heterocycles. The van der Waals surface area contributed by atoms with Gasteiger partial charge >= 0.3 is 0 Å². The number of nitrogens with one attached hydrogen (secondary N) is 2. The summed E-state index contributed by atoms with van der Waals surface area (Å²) in [6.07, 6.45) is 4.25. The van der Waals surface area contributed by atoms with Gasteiger partial charge < -0.3 is 19.8 Å². The van der Waals surface area contributed by atoms with E-state index in [4.69, 9.17) is 0 Å². The standard InChI is InChI=1S/C30H32FN6O2P/c1-36(2)25-11-12-37(18-25)17-23-7-9-24(15-26(23)31)35-30(38)22-8-10-28(40(3,4)39)21(14-22)6-5-20-13-27-29(32-16-20)34-19-33-27/h7-10,13-16,19,25H,11-12,17-18H2,1-4H3,(H,35,38)(H,32,33,34)/t25-/m1/s1. The van der Waals surface area contributed by atoms with Crippen LogP contribution in [0.4, 0.5) is 10.1 Å². The summed E-state index contributed by atoms with van der Waals surface area (Å²) in [6.45, 7) is 5.70. The van der Waals surface area contributed by atoms with Crippen LogP contribution in [0.3, 0.4) is 0 Å². The SMILES string of the molecule is CN(C)[C@@H]1CCN(Cc2ccc(NC(=O)c3ccc(P(C)(C)=O)c(C#Cc4cnc5nc[nH]c5c4)c3)cc2F)C1. The molecule has 4 aromatic rings. The topological polar surface area (TPSA) is 94.2 Å². The minimum absolute atomic E-state index is 0.333. The Labute approximate surface area is 233 Å². The maximum atomic E-state index is 14.9. The Morgan fingerprint density at radius 1 is 1.18 bits per heavy atom. The Bertz CT molecular complexity index is 1680. The van der Waals surface area contributed by atoms with Crippen molar-refractivity contribution >= 4 is 35.2 Å². The predicted molar refractivity (Wildman–Crippen MR) is 157 cm³/mol. The van der Waals surface area contributed by atoms with Crippen LogP contribution in [0.15, 0.2) is 55.0 Å². The zero-order valence-electron chi connectivity index (χ0n) is 23.0. The van der Waals surface area contributed by atoms with Crippen molar-refractivity contribution in [3.05, 3.63) is 83.1 Å². The highest BCUT2D eigenvalue weighted by atomic mass is 31.2. The number of likely N-dealkylation sites (tertiary alicyclic amines) is 1. The Hall–Kier alpha value is -3.83. The number of halogens is 1. The first-order valence-corrected chi connectivity index (χ1v) is 15.7. The van der Waals surface area contributed by atoms with Crippen LogP contribution in [0.2, 0.25) is 0 Å². The van der Waals surface area contributed by atoms with Crippen LogP contribution in [0.5, 0.6) is 0 Å². The molecule has 0 unspecified atom stereocenters. The summed E-state index contributed by atoms with van der Waals surface area (Å²) >= 11 is 0. The number of imidazole rings is 1. The molecule has 8 nitrogen and oxygen atoms in total.